The summed E-state index contributed by atoms with van der Waals surface area (Å²) in [6, 6.07) is 160. The van der Waals surface area contributed by atoms with Crippen LogP contribution in [0.25, 0.3) is 284 Å². The molecule has 0 N–H and O–H groups in total. The highest BCUT2D eigenvalue weighted by Crippen LogP contribution is 2.64. The third kappa shape index (κ3) is 12.4. The molecule has 30 rings (SSSR count). The van der Waals surface area contributed by atoms with Gasteiger partial charge in [-0.25, -0.2) is 0 Å². The number of benzene rings is 24. The Morgan fingerprint density at radius 2 is 0.414 bits per heavy atom. The van der Waals surface area contributed by atoms with E-state index in [1.807, 2.05) is 0 Å². The molecule has 0 saturated carbocycles. The lowest BCUT2D eigenvalue weighted by atomic mass is 9.75. The maximum atomic E-state index is 2.59. The lowest BCUT2D eigenvalue weighted by molar-refractivity contribution is 0.568. The van der Waals surface area contributed by atoms with Gasteiger partial charge in [0.1, 0.15) is 0 Å². The van der Waals surface area contributed by atoms with Crippen LogP contribution >= 0.6 is 0 Å². The first-order valence-electron chi connectivity index (χ1n) is 51.8. The van der Waals surface area contributed by atoms with Gasteiger partial charge in [0.15, 0.2) is 0 Å². The van der Waals surface area contributed by atoms with Crippen molar-refractivity contribution in [3.05, 3.63) is 441 Å². The minimum atomic E-state index is -0.0514. The Balaban J connectivity index is 0.000000140. The van der Waals surface area contributed by atoms with E-state index in [1.165, 1.54) is 306 Å². The topological polar surface area (TPSA) is 3.24 Å². The minimum Gasteiger partial charge on any atom is -0.310 e. The van der Waals surface area contributed by atoms with Crippen molar-refractivity contribution < 1.29 is 0 Å². The number of para-hydroxylation sites is 2. The van der Waals surface area contributed by atoms with Gasteiger partial charge in [0, 0.05) is 16.8 Å². The number of hydrogen-bond acceptors (Lipinski definition) is 1. The molecule has 28 aromatic rings. The second-order valence-corrected chi connectivity index (χ2v) is 45.5. The molecule has 0 spiro atoms. The summed E-state index contributed by atoms with van der Waals surface area (Å²) in [5, 5.41) is 42.0. The van der Waals surface area contributed by atoms with Gasteiger partial charge in [0.25, 0.3) is 0 Å². The number of nitrogens with zero attached hydrogens (tertiary/aromatic N) is 1. The Bertz CT molecular complexity index is 9750. The molecule has 0 amide bonds. The van der Waals surface area contributed by atoms with Gasteiger partial charge in [-0.05, 0) is 389 Å². The van der Waals surface area contributed by atoms with E-state index in [4.69, 9.17) is 0 Å². The van der Waals surface area contributed by atoms with E-state index in [9.17, 15) is 0 Å². The zero-order valence-corrected chi connectivity index (χ0v) is 83.8. The van der Waals surface area contributed by atoms with Gasteiger partial charge in [-0.2, -0.15) is 0 Å². The zero-order valence-electron chi connectivity index (χ0n) is 83.8. The summed E-state index contributed by atoms with van der Waals surface area (Å²) < 4.78 is 0. The summed E-state index contributed by atoms with van der Waals surface area (Å²) >= 11 is 0. The van der Waals surface area contributed by atoms with Crippen LogP contribution in [0.5, 0.6) is 0 Å². The average molecular weight is 1850 g/mol. The van der Waals surface area contributed by atoms with Crippen molar-refractivity contribution in [1.29, 1.82) is 0 Å². The predicted octanol–water partition coefficient (Wildman–Crippen LogP) is 41.5. The summed E-state index contributed by atoms with van der Waals surface area (Å²) in [6.07, 6.45) is 0. The largest absolute Gasteiger partial charge is 0.310 e. The van der Waals surface area contributed by atoms with Crippen molar-refractivity contribution in [3.8, 4) is 111 Å². The summed E-state index contributed by atoms with van der Waals surface area (Å²) in [7, 11) is 0. The molecular weight excluding hydrogens is 1740 g/mol. The Kier molecular flexibility index (Phi) is 18.1. The first kappa shape index (κ1) is 85.0. The first-order chi connectivity index (χ1) is 70.5. The van der Waals surface area contributed by atoms with Gasteiger partial charge in [0.05, 0.1) is 5.69 Å². The van der Waals surface area contributed by atoms with Gasteiger partial charge >= 0.3 is 0 Å². The predicted molar refractivity (Wildman–Crippen MR) is 629 cm³/mol. The first-order valence-corrected chi connectivity index (χ1v) is 51.8. The van der Waals surface area contributed by atoms with Crippen LogP contribution in [-0.2, 0) is 21.7 Å². The molecule has 0 saturated heterocycles. The molecule has 686 valence electrons. The third-order valence-corrected chi connectivity index (χ3v) is 33.0. The van der Waals surface area contributed by atoms with Gasteiger partial charge in [-0.3, -0.25) is 0 Å². The number of anilines is 3. The van der Waals surface area contributed by atoms with E-state index in [0.29, 0.717) is 0 Å². The molecule has 0 radical (unpaired) electrons. The second-order valence-electron chi connectivity index (χ2n) is 45.5. The highest BCUT2D eigenvalue weighted by Gasteiger charge is 2.38. The van der Waals surface area contributed by atoms with Crippen molar-refractivity contribution in [1.82, 2.24) is 0 Å². The molecule has 0 atom stereocenters. The molecular formula is C144H105N. The smallest absolute Gasteiger partial charge is 0.0540 e. The Labute approximate surface area is 844 Å². The molecule has 0 aromatic heterocycles. The number of hydrogen-bond donors (Lipinski definition) is 0. The fourth-order valence-electron chi connectivity index (χ4n) is 26.3. The second kappa shape index (κ2) is 30.8. The molecule has 2 aliphatic carbocycles. The maximum Gasteiger partial charge on any atom is 0.0540 e. The van der Waals surface area contributed by atoms with Crippen molar-refractivity contribution in [3.63, 3.8) is 0 Å². The lowest BCUT2D eigenvalue weighted by Crippen LogP contribution is -2.17. The van der Waals surface area contributed by atoms with Gasteiger partial charge < -0.3 is 4.90 Å². The van der Waals surface area contributed by atoms with E-state index in [-0.39, 0.29) is 21.7 Å². The van der Waals surface area contributed by atoms with E-state index in [1.54, 1.807) is 0 Å². The molecule has 0 unspecified atom stereocenters. The van der Waals surface area contributed by atoms with Gasteiger partial charge in [-0.1, -0.05) is 435 Å². The molecule has 28 aromatic carbocycles. The maximum absolute atomic E-state index is 2.59. The summed E-state index contributed by atoms with van der Waals surface area (Å²) in [4.78, 5) is 2.41. The molecule has 1 heteroatoms. The van der Waals surface area contributed by atoms with Crippen LogP contribution in [0.1, 0.15) is 105 Å². The van der Waals surface area contributed by atoms with Crippen molar-refractivity contribution >= 4 is 189 Å². The number of rotatable bonds is 9. The summed E-state index contributed by atoms with van der Waals surface area (Å²) in [6.45, 7) is 28.4. The zero-order chi connectivity index (χ0) is 97.4. The molecule has 0 bridgehead atoms. The normalized spacial score (nSPS) is 12.8. The lowest BCUT2D eigenvalue weighted by Gasteiger charge is -2.29. The molecule has 145 heavy (non-hydrogen) atoms. The highest BCUT2D eigenvalue weighted by atomic mass is 15.1. The Morgan fingerprint density at radius 1 is 0.138 bits per heavy atom. The molecule has 0 fully saturated rings. The molecule has 1 nitrogen and oxygen atoms in total. The molecule has 0 aliphatic heterocycles. The van der Waals surface area contributed by atoms with E-state index in [0.717, 1.165) is 17.1 Å². The fourth-order valence-corrected chi connectivity index (χ4v) is 26.3. The van der Waals surface area contributed by atoms with E-state index in [2.05, 4.69) is 507 Å². The van der Waals surface area contributed by atoms with Gasteiger partial charge in [0.2, 0.25) is 0 Å². The third-order valence-electron chi connectivity index (χ3n) is 33.0. The van der Waals surface area contributed by atoms with Crippen LogP contribution in [0, 0.1) is 0 Å². The van der Waals surface area contributed by atoms with E-state index >= 15 is 0 Å². The van der Waals surface area contributed by atoms with Crippen LogP contribution in [0.2, 0.25) is 0 Å². The average Bonchev–Trinajstić information content (AvgIpc) is 1.52. The SMILES string of the molecule is CC(C)(C)c1cc(-c2c3c(c(-c4cc(C(C)(C)C)cc(C(C)(C)C)c4)c4ccccc24)-c2ccc4c5cc6c(-c7ccccc7)c7c8cccc9cccc(c7c(-c7ccccc7)c6cc5c5ccc-3c2c54)c98)cc(C(C)(C)C)c1.c1ccc(-c2c3cc4c(cc3c(-c3ccccc3)c3c5ccc(N(c6ccccc6)c6ccccc6)c6cccc(c23)c65)c2ccc3c5c(ccc4c52)-c2cc4ccccc4cc2-3)cc1. The molecule has 0 heterocycles. The monoisotopic (exact) mass is 1850 g/mol. The highest BCUT2D eigenvalue weighted by molar-refractivity contribution is 6.47. The van der Waals surface area contributed by atoms with Crippen molar-refractivity contribution in [2.24, 2.45) is 0 Å². The van der Waals surface area contributed by atoms with Crippen LogP contribution in [-0.4, -0.2) is 0 Å². The van der Waals surface area contributed by atoms with Crippen LogP contribution in [0.4, 0.5) is 17.1 Å². The molecule has 2 aliphatic rings. The van der Waals surface area contributed by atoms with Crippen LogP contribution in [0.3, 0.4) is 0 Å². The summed E-state index contributed by atoms with van der Waals surface area (Å²) in [5.74, 6) is 0. The Morgan fingerprint density at radius 3 is 0.766 bits per heavy atom. The van der Waals surface area contributed by atoms with Crippen molar-refractivity contribution in [2.45, 2.75) is 105 Å². The van der Waals surface area contributed by atoms with E-state index < -0.39 is 0 Å². The fraction of sp³-hybridized carbons (Fsp3) is 0.111. The van der Waals surface area contributed by atoms with Crippen molar-refractivity contribution in [2.75, 3.05) is 4.90 Å². The quantitative estimate of drug-likeness (QED) is 0.139. The minimum absolute atomic E-state index is 0.0514. The van der Waals surface area contributed by atoms with Crippen LogP contribution in [0.15, 0.2) is 419 Å². The van der Waals surface area contributed by atoms with Gasteiger partial charge in [-0.15, -0.1) is 0 Å². The van der Waals surface area contributed by atoms with Crippen LogP contribution < -0.4 is 4.90 Å². The summed E-state index contributed by atoms with van der Waals surface area (Å²) in [5.41, 5.74) is 34.8. The Hall–Kier alpha value is -16.8. The number of fused-ring (bicyclic) bond motifs is 22. The standard InChI is InChI=1S/C80H68.C64H37N/c1-77(2,3)50-37-48(38-51(41-50)78(4,5)6)69-54-29-19-20-30-55(54)70(49-39-52(79(7,8)9)42-53(40-49)80(10,11)12)76-61-36-34-57-63-44-65-64(43-62(63)56-33-35-60(75(69)76)72(61)71(56)57)67(46-23-15-13-16-24-46)73-58-31-21-27-45-28-22-32-59(66(45)58)74(73)68(65)47-25-17-14-18-26-47;1-5-16-38(17-6-1)58-55-36-53-46-30-28-44-51-34-40-20-13-14-21-41(40)35-52(51)45-29-31-47(62(46)61(44)45)54(53)37-56(55)59(39-18-7-2-8-19-39)64-50-32-33-57(48-26-15-27-49(60(48)50)63(58)64)65(42-22-9-3-10-23-42)43-24-11-4-12-25-43/h13-44H,1-12H3;1-37H.